The Bertz CT molecular complexity index is 1020. The van der Waals surface area contributed by atoms with Crippen molar-refractivity contribution in [3.8, 4) is 0 Å². The molecule has 1 aliphatic carbocycles. The van der Waals surface area contributed by atoms with Gasteiger partial charge in [0.1, 0.15) is 11.6 Å². The molecule has 2 atom stereocenters. The van der Waals surface area contributed by atoms with Gasteiger partial charge < -0.3 is 15.7 Å². The van der Waals surface area contributed by atoms with Crippen LogP contribution in [0.5, 0.6) is 0 Å². The monoisotopic (exact) mass is 500 g/mol. The lowest BCUT2D eigenvalue weighted by molar-refractivity contribution is -0.120. The van der Waals surface area contributed by atoms with E-state index in [2.05, 4.69) is 56.5 Å². The van der Waals surface area contributed by atoms with Gasteiger partial charge in [-0.1, -0.05) is 65.2 Å². The number of halogens is 2. The molecule has 198 valence electrons. The average Bonchev–Trinajstić information content (AvgIpc) is 2.81. The summed E-state index contributed by atoms with van der Waals surface area (Å²) in [5.74, 6) is -1.65. The first-order chi connectivity index (χ1) is 16.9. The van der Waals surface area contributed by atoms with Crippen molar-refractivity contribution in [2.75, 3.05) is 6.54 Å². The van der Waals surface area contributed by atoms with Gasteiger partial charge in [0.05, 0.1) is 12.1 Å². The fraction of sp³-hybridized carbons (Fsp3) is 0.567. The van der Waals surface area contributed by atoms with Crippen molar-refractivity contribution in [2.24, 2.45) is 0 Å². The molecule has 36 heavy (non-hydrogen) atoms. The van der Waals surface area contributed by atoms with Crippen LogP contribution < -0.4 is 10.6 Å². The Labute approximate surface area is 214 Å². The Morgan fingerprint density at radius 1 is 1.00 bits per heavy atom. The van der Waals surface area contributed by atoms with Gasteiger partial charge in [0.2, 0.25) is 5.91 Å². The van der Waals surface area contributed by atoms with Crippen LogP contribution in [0.4, 0.5) is 8.78 Å². The molecule has 1 saturated carbocycles. The third kappa shape index (κ3) is 7.36. The third-order valence-corrected chi connectivity index (χ3v) is 7.41. The van der Waals surface area contributed by atoms with E-state index in [1.54, 1.807) is 0 Å². The lowest BCUT2D eigenvalue weighted by atomic mass is 9.73. The van der Waals surface area contributed by atoms with E-state index < -0.39 is 23.8 Å². The molecule has 1 amide bonds. The molecule has 2 aromatic carbocycles. The van der Waals surface area contributed by atoms with E-state index >= 15 is 0 Å². The van der Waals surface area contributed by atoms with Crippen molar-refractivity contribution in [2.45, 2.75) is 103 Å². The smallest absolute Gasteiger partial charge is 0.217 e. The Morgan fingerprint density at radius 3 is 2.19 bits per heavy atom. The highest BCUT2D eigenvalue weighted by Gasteiger charge is 2.36. The van der Waals surface area contributed by atoms with Gasteiger partial charge in [-0.2, -0.15) is 0 Å². The van der Waals surface area contributed by atoms with Crippen LogP contribution in [-0.4, -0.2) is 29.7 Å². The summed E-state index contributed by atoms with van der Waals surface area (Å²) >= 11 is 0. The first-order valence-electron chi connectivity index (χ1n) is 13.2. The third-order valence-electron chi connectivity index (χ3n) is 7.41. The zero-order valence-corrected chi connectivity index (χ0v) is 22.4. The van der Waals surface area contributed by atoms with E-state index in [1.807, 2.05) is 0 Å². The molecule has 0 bridgehead atoms. The van der Waals surface area contributed by atoms with Crippen molar-refractivity contribution in [3.05, 3.63) is 70.3 Å². The van der Waals surface area contributed by atoms with E-state index in [0.717, 1.165) is 38.2 Å². The maximum atomic E-state index is 13.7. The predicted molar refractivity (Wildman–Crippen MR) is 141 cm³/mol. The molecular formula is C30H42F2N2O2. The van der Waals surface area contributed by atoms with Crippen molar-refractivity contribution in [3.63, 3.8) is 0 Å². The van der Waals surface area contributed by atoms with Crippen LogP contribution in [0.25, 0.3) is 0 Å². The van der Waals surface area contributed by atoms with E-state index in [1.165, 1.54) is 42.2 Å². The number of aliphatic hydroxyl groups excluding tert-OH is 1. The summed E-state index contributed by atoms with van der Waals surface area (Å²) in [6, 6.07) is 9.52. The van der Waals surface area contributed by atoms with Crippen LogP contribution in [0.2, 0.25) is 0 Å². The molecule has 2 aromatic rings. The number of rotatable bonds is 9. The molecule has 0 aromatic heterocycles. The molecule has 1 aliphatic rings. The van der Waals surface area contributed by atoms with E-state index in [9.17, 15) is 18.7 Å². The van der Waals surface area contributed by atoms with E-state index in [4.69, 9.17) is 0 Å². The number of aryl methyl sites for hydroxylation is 1. The predicted octanol–water partition coefficient (Wildman–Crippen LogP) is 5.68. The highest BCUT2D eigenvalue weighted by atomic mass is 19.1. The minimum absolute atomic E-state index is 0.0199. The first kappa shape index (κ1) is 28.3. The number of carbonyl (C=O) groups is 1. The molecular weight excluding hydrogens is 458 g/mol. The maximum absolute atomic E-state index is 13.7. The zero-order chi connectivity index (χ0) is 26.5. The highest BCUT2D eigenvalue weighted by molar-refractivity contribution is 5.73. The SMILES string of the molecule is CCc1cc(C(C)(C)C)cc(C2(NCC(O)C(Cc3cc(F)cc(F)c3)NC(C)=O)CCCCC2)c1. The van der Waals surface area contributed by atoms with Gasteiger partial charge in [0.15, 0.2) is 0 Å². The number of benzene rings is 2. The van der Waals surface area contributed by atoms with Gasteiger partial charge in [-0.25, -0.2) is 8.78 Å². The van der Waals surface area contributed by atoms with Gasteiger partial charge in [-0.05, 0) is 65.5 Å². The fourth-order valence-corrected chi connectivity index (χ4v) is 5.30. The molecule has 0 radical (unpaired) electrons. The summed E-state index contributed by atoms with van der Waals surface area (Å²) in [4.78, 5) is 11.9. The zero-order valence-electron chi connectivity index (χ0n) is 22.4. The van der Waals surface area contributed by atoms with E-state index in [-0.39, 0.29) is 29.8 Å². The lowest BCUT2D eigenvalue weighted by Crippen LogP contribution is -2.53. The molecule has 4 nitrogen and oxygen atoms in total. The Kier molecular flexibility index (Phi) is 9.28. The van der Waals surface area contributed by atoms with Gasteiger partial charge >= 0.3 is 0 Å². The highest BCUT2D eigenvalue weighted by Crippen LogP contribution is 2.39. The van der Waals surface area contributed by atoms with Crippen LogP contribution in [0.15, 0.2) is 36.4 Å². The average molecular weight is 501 g/mol. The fourth-order valence-electron chi connectivity index (χ4n) is 5.30. The van der Waals surface area contributed by atoms with Crippen molar-refractivity contribution in [1.82, 2.24) is 10.6 Å². The molecule has 3 rings (SSSR count). The van der Waals surface area contributed by atoms with Gasteiger partial charge in [0.25, 0.3) is 0 Å². The summed E-state index contributed by atoms with van der Waals surface area (Å²) in [5.41, 5.74) is 4.00. The summed E-state index contributed by atoms with van der Waals surface area (Å²) in [5, 5.41) is 17.6. The quantitative estimate of drug-likeness (QED) is 0.415. The minimum atomic E-state index is -0.935. The second-order valence-electron chi connectivity index (χ2n) is 11.4. The Balaban J connectivity index is 1.86. The number of nitrogens with one attached hydrogen (secondary N) is 2. The lowest BCUT2D eigenvalue weighted by Gasteiger charge is -2.41. The van der Waals surface area contributed by atoms with Crippen molar-refractivity contribution in [1.29, 1.82) is 0 Å². The number of hydrogen-bond acceptors (Lipinski definition) is 3. The molecule has 3 N–H and O–H groups in total. The normalized spacial score (nSPS) is 17.4. The molecule has 1 fully saturated rings. The first-order valence-corrected chi connectivity index (χ1v) is 13.2. The minimum Gasteiger partial charge on any atom is -0.390 e. The molecule has 0 spiro atoms. The molecule has 6 heteroatoms. The Hall–Kier alpha value is -2.31. The second kappa shape index (κ2) is 11.8. The van der Waals surface area contributed by atoms with Crippen LogP contribution in [0.3, 0.4) is 0 Å². The van der Waals surface area contributed by atoms with Crippen LogP contribution in [0.1, 0.15) is 89.0 Å². The molecule has 0 heterocycles. The standard InChI is InChI=1S/C30H42F2N2O2/c1-6-21-12-23(29(3,4)5)17-24(13-21)30(10-8-7-9-11-30)33-19-28(36)27(34-20(2)35)16-22-14-25(31)18-26(32)15-22/h12-15,17-18,27-28,33,36H,6-11,16,19H2,1-5H3,(H,34,35). The van der Waals surface area contributed by atoms with Crippen LogP contribution in [0, 0.1) is 11.6 Å². The largest absolute Gasteiger partial charge is 0.390 e. The van der Waals surface area contributed by atoms with Gasteiger partial charge in [-0.15, -0.1) is 0 Å². The summed E-state index contributed by atoms with van der Waals surface area (Å²) in [7, 11) is 0. The number of hydrogen-bond donors (Lipinski definition) is 3. The summed E-state index contributed by atoms with van der Waals surface area (Å²) in [6.07, 6.45) is 5.46. The topological polar surface area (TPSA) is 61.4 Å². The number of amides is 1. The van der Waals surface area contributed by atoms with Crippen molar-refractivity contribution < 1.29 is 18.7 Å². The molecule has 2 unspecified atom stereocenters. The molecule has 0 aliphatic heterocycles. The van der Waals surface area contributed by atoms with Gasteiger partial charge in [0, 0.05) is 25.1 Å². The maximum Gasteiger partial charge on any atom is 0.217 e. The second-order valence-corrected chi connectivity index (χ2v) is 11.4. The van der Waals surface area contributed by atoms with Crippen LogP contribution >= 0.6 is 0 Å². The van der Waals surface area contributed by atoms with E-state index in [0.29, 0.717) is 5.56 Å². The van der Waals surface area contributed by atoms with Crippen LogP contribution in [-0.2, 0) is 28.6 Å². The van der Waals surface area contributed by atoms with Crippen molar-refractivity contribution >= 4 is 5.91 Å². The summed E-state index contributed by atoms with van der Waals surface area (Å²) in [6.45, 7) is 10.5. The molecule has 0 saturated heterocycles. The Morgan fingerprint density at radius 2 is 1.64 bits per heavy atom. The number of aliphatic hydroxyl groups is 1. The van der Waals surface area contributed by atoms with Gasteiger partial charge in [-0.3, -0.25) is 4.79 Å². The number of carbonyl (C=O) groups excluding carboxylic acids is 1. The summed E-state index contributed by atoms with van der Waals surface area (Å²) < 4.78 is 27.5.